The van der Waals surface area contributed by atoms with E-state index in [9.17, 15) is 4.79 Å². The molecule has 0 saturated carbocycles. The highest BCUT2D eigenvalue weighted by molar-refractivity contribution is 7.98. The lowest BCUT2D eigenvalue weighted by Crippen LogP contribution is -2.11. The number of amides is 1. The number of H-pyrrole nitrogens is 2. The van der Waals surface area contributed by atoms with Gasteiger partial charge in [0, 0.05) is 16.5 Å². The van der Waals surface area contributed by atoms with E-state index in [1.165, 1.54) is 0 Å². The van der Waals surface area contributed by atoms with Gasteiger partial charge in [-0.05, 0) is 42.7 Å². The fraction of sp³-hybridized carbons (Fsp3) is 0.0556. The van der Waals surface area contributed by atoms with Crippen molar-refractivity contribution in [1.82, 2.24) is 20.2 Å². The van der Waals surface area contributed by atoms with E-state index in [0.29, 0.717) is 28.6 Å². The molecule has 3 aromatic rings. The fourth-order valence-corrected chi connectivity index (χ4v) is 2.69. The maximum Gasteiger partial charge on any atom is 0.256 e. The molecule has 2 aromatic heterocycles. The Morgan fingerprint density at radius 2 is 2.00 bits per heavy atom. The van der Waals surface area contributed by atoms with Crippen LogP contribution in [0.5, 0.6) is 0 Å². The van der Waals surface area contributed by atoms with Gasteiger partial charge in [-0.2, -0.15) is 5.10 Å². The van der Waals surface area contributed by atoms with Gasteiger partial charge in [0.2, 0.25) is 0 Å². The van der Waals surface area contributed by atoms with Crippen LogP contribution in [0.4, 0.5) is 5.82 Å². The Kier molecular flexibility index (Phi) is 4.85. The van der Waals surface area contributed by atoms with Crippen molar-refractivity contribution in [2.75, 3.05) is 11.6 Å². The van der Waals surface area contributed by atoms with E-state index in [4.69, 9.17) is 0 Å². The molecule has 0 radical (unpaired) electrons. The first-order chi connectivity index (χ1) is 12.1. The number of thioether (sulfide) groups is 1. The van der Waals surface area contributed by atoms with Gasteiger partial charge in [-0.3, -0.25) is 9.89 Å². The Bertz CT molecular complexity index is 898. The molecule has 1 aromatic carbocycles. The molecule has 0 aliphatic rings. The summed E-state index contributed by atoms with van der Waals surface area (Å²) in [5.74, 6) is 0.802. The van der Waals surface area contributed by atoms with Gasteiger partial charge < -0.3 is 10.3 Å². The van der Waals surface area contributed by atoms with Crippen LogP contribution in [0.25, 0.3) is 23.7 Å². The zero-order chi connectivity index (χ0) is 17.8. The molecule has 0 bridgehead atoms. The Labute approximate surface area is 149 Å². The van der Waals surface area contributed by atoms with Gasteiger partial charge >= 0.3 is 0 Å². The van der Waals surface area contributed by atoms with Gasteiger partial charge in [0.15, 0.2) is 11.6 Å². The van der Waals surface area contributed by atoms with Gasteiger partial charge in [-0.15, -0.1) is 11.8 Å². The molecular formula is C18H17N5OS. The third-order valence-electron chi connectivity index (χ3n) is 3.59. The largest absolute Gasteiger partial charge is 0.337 e. The number of benzene rings is 1. The molecule has 0 atom stereocenters. The summed E-state index contributed by atoms with van der Waals surface area (Å²) in [6.45, 7) is 7.46. The van der Waals surface area contributed by atoms with E-state index in [1.807, 2.05) is 18.4 Å². The van der Waals surface area contributed by atoms with E-state index in [0.717, 1.165) is 10.6 Å². The molecule has 0 saturated heterocycles. The van der Waals surface area contributed by atoms with Gasteiger partial charge in [0.05, 0.1) is 11.4 Å². The molecule has 6 nitrogen and oxygen atoms in total. The van der Waals surface area contributed by atoms with Crippen molar-refractivity contribution in [2.45, 2.75) is 4.90 Å². The van der Waals surface area contributed by atoms with Gasteiger partial charge in [0.25, 0.3) is 5.91 Å². The lowest BCUT2D eigenvalue weighted by Gasteiger charge is -2.02. The molecular weight excluding hydrogens is 334 g/mol. The van der Waals surface area contributed by atoms with E-state index < -0.39 is 0 Å². The highest BCUT2D eigenvalue weighted by atomic mass is 32.2. The van der Waals surface area contributed by atoms with Crippen LogP contribution < -0.4 is 5.32 Å². The van der Waals surface area contributed by atoms with Crippen LogP contribution in [0.1, 0.15) is 21.7 Å². The van der Waals surface area contributed by atoms with E-state index in [1.54, 1.807) is 42.1 Å². The highest BCUT2D eigenvalue weighted by Crippen LogP contribution is 2.21. The number of aromatic amines is 2. The third kappa shape index (κ3) is 3.56. The molecule has 0 aliphatic carbocycles. The van der Waals surface area contributed by atoms with Crippen LogP contribution in [-0.2, 0) is 0 Å². The predicted octanol–water partition coefficient (Wildman–Crippen LogP) is 4.06. The first kappa shape index (κ1) is 16.8. The van der Waals surface area contributed by atoms with Crippen molar-refractivity contribution < 1.29 is 4.79 Å². The average Bonchev–Trinajstić information content (AvgIpc) is 3.27. The number of carbonyl (C=O) groups excluding carboxylic acids is 1. The van der Waals surface area contributed by atoms with Crippen molar-refractivity contribution in [3.63, 3.8) is 0 Å². The SMILES string of the molecule is C=Cc1nc(-c2cc(NC(=O)c3ccc(SC)cc3)n[nH]2)[nH]c1C=C. The second-order valence-electron chi connectivity index (χ2n) is 5.14. The Balaban J connectivity index is 1.76. The van der Waals surface area contributed by atoms with E-state index >= 15 is 0 Å². The van der Waals surface area contributed by atoms with Gasteiger partial charge in [-0.25, -0.2) is 4.98 Å². The normalized spacial score (nSPS) is 10.4. The predicted molar refractivity (Wildman–Crippen MR) is 103 cm³/mol. The summed E-state index contributed by atoms with van der Waals surface area (Å²) in [6.07, 6.45) is 5.31. The number of rotatable bonds is 6. The highest BCUT2D eigenvalue weighted by Gasteiger charge is 2.12. The van der Waals surface area contributed by atoms with Crippen LogP contribution in [0, 0.1) is 0 Å². The third-order valence-corrected chi connectivity index (χ3v) is 4.33. The Morgan fingerprint density at radius 3 is 2.60 bits per heavy atom. The minimum atomic E-state index is -0.219. The number of aromatic nitrogens is 4. The summed E-state index contributed by atoms with van der Waals surface area (Å²) in [6, 6.07) is 9.10. The Morgan fingerprint density at radius 1 is 1.24 bits per heavy atom. The molecule has 7 heteroatoms. The number of anilines is 1. The van der Waals surface area contributed by atoms with Crippen molar-refractivity contribution >= 4 is 35.6 Å². The summed E-state index contributed by atoms with van der Waals surface area (Å²) < 4.78 is 0. The minimum absolute atomic E-state index is 0.219. The van der Waals surface area contributed by atoms with Crippen molar-refractivity contribution in [2.24, 2.45) is 0 Å². The molecule has 0 unspecified atom stereocenters. The summed E-state index contributed by atoms with van der Waals surface area (Å²) in [5, 5.41) is 9.73. The first-order valence-electron chi connectivity index (χ1n) is 7.50. The van der Waals surface area contributed by atoms with Crippen LogP contribution in [-0.4, -0.2) is 32.3 Å². The molecule has 126 valence electrons. The minimum Gasteiger partial charge on any atom is -0.337 e. The zero-order valence-electron chi connectivity index (χ0n) is 13.7. The smallest absolute Gasteiger partial charge is 0.256 e. The molecule has 1 amide bonds. The molecule has 3 N–H and O–H groups in total. The number of carbonyl (C=O) groups is 1. The average molecular weight is 351 g/mol. The van der Waals surface area contributed by atoms with Crippen LogP contribution in [0.2, 0.25) is 0 Å². The number of nitrogens with one attached hydrogen (secondary N) is 3. The van der Waals surface area contributed by atoms with Crippen molar-refractivity contribution in [3.05, 3.63) is 60.4 Å². The molecule has 25 heavy (non-hydrogen) atoms. The molecule has 0 spiro atoms. The van der Waals surface area contributed by atoms with Gasteiger partial charge in [0.1, 0.15) is 5.69 Å². The summed E-state index contributed by atoms with van der Waals surface area (Å²) >= 11 is 1.63. The topological polar surface area (TPSA) is 86.5 Å². The maximum atomic E-state index is 12.3. The lowest BCUT2D eigenvalue weighted by molar-refractivity contribution is 0.102. The summed E-state index contributed by atoms with van der Waals surface area (Å²) in [4.78, 5) is 20.9. The van der Waals surface area contributed by atoms with Crippen LogP contribution in [0.3, 0.4) is 0 Å². The number of hydrogen-bond acceptors (Lipinski definition) is 4. The molecule has 2 heterocycles. The quantitative estimate of drug-likeness (QED) is 0.585. The standard InChI is InChI=1S/C18H17N5OS/c1-4-13-14(5-2)20-17(19-13)15-10-16(23-22-15)21-18(24)11-6-8-12(25-3)9-7-11/h4-10H,1-2H2,3H3,(H,19,20)(H2,21,22,23,24). The fourth-order valence-electron chi connectivity index (χ4n) is 2.28. The number of nitrogens with zero attached hydrogens (tertiary/aromatic N) is 2. The number of hydrogen-bond donors (Lipinski definition) is 3. The molecule has 0 aliphatic heterocycles. The van der Waals surface area contributed by atoms with Gasteiger partial charge in [-0.1, -0.05) is 13.2 Å². The molecule has 0 fully saturated rings. The van der Waals surface area contributed by atoms with Crippen molar-refractivity contribution in [1.29, 1.82) is 0 Å². The summed E-state index contributed by atoms with van der Waals surface area (Å²) in [5.41, 5.74) is 2.71. The molecule has 3 rings (SSSR count). The summed E-state index contributed by atoms with van der Waals surface area (Å²) in [7, 11) is 0. The van der Waals surface area contributed by atoms with E-state index in [-0.39, 0.29) is 5.91 Å². The van der Waals surface area contributed by atoms with Crippen molar-refractivity contribution in [3.8, 4) is 11.5 Å². The Hall–Kier alpha value is -3.06. The zero-order valence-corrected chi connectivity index (χ0v) is 14.5. The van der Waals surface area contributed by atoms with E-state index in [2.05, 4.69) is 38.6 Å². The maximum absolute atomic E-state index is 12.3. The second kappa shape index (κ2) is 7.23. The number of imidazole rings is 1. The first-order valence-corrected chi connectivity index (χ1v) is 8.73. The lowest BCUT2D eigenvalue weighted by atomic mass is 10.2. The monoisotopic (exact) mass is 351 g/mol. The second-order valence-corrected chi connectivity index (χ2v) is 6.02. The van der Waals surface area contributed by atoms with Crippen LogP contribution in [0.15, 0.2) is 48.4 Å². The van der Waals surface area contributed by atoms with Crippen LogP contribution >= 0.6 is 11.8 Å².